The largest absolute Gasteiger partial charge is 0.473 e. The lowest BCUT2D eigenvalue weighted by molar-refractivity contribution is -0.159. The third-order valence-corrected chi connectivity index (χ3v) is 4.29. The fourth-order valence-corrected chi connectivity index (χ4v) is 3.03. The van der Waals surface area contributed by atoms with Crippen molar-refractivity contribution in [3.63, 3.8) is 0 Å². The number of anilines is 2. The average molecular weight is 399 g/mol. The summed E-state index contributed by atoms with van der Waals surface area (Å²) in [7, 11) is 2.12. The topological polar surface area (TPSA) is 103 Å². The maximum absolute atomic E-state index is 9.10. The number of carboxylic acid groups (broad SMARTS) is 2. The molecule has 0 spiro atoms. The zero-order valence-corrected chi connectivity index (χ0v) is 16.1. The Morgan fingerprint density at radius 3 is 2.11 bits per heavy atom. The minimum absolute atomic E-state index is 0.849. The van der Waals surface area contributed by atoms with Crippen LogP contribution in [0.4, 0.5) is 10.8 Å². The summed E-state index contributed by atoms with van der Waals surface area (Å²) in [5.41, 5.74) is 3.49. The highest BCUT2D eigenvalue weighted by Crippen LogP contribution is 2.21. The van der Waals surface area contributed by atoms with Gasteiger partial charge in [-0.2, -0.15) is 0 Å². The van der Waals surface area contributed by atoms with Crippen molar-refractivity contribution in [3.8, 4) is 0 Å². The van der Waals surface area contributed by atoms with Gasteiger partial charge in [0.1, 0.15) is 0 Å². The first-order valence-electron chi connectivity index (χ1n) is 8.39. The van der Waals surface area contributed by atoms with Gasteiger partial charge in [0.05, 0.1) is 5.69 Å². The van der Waals surface area contributed by atoms with Crippen LogP contribution in [0.15, 0.2) is 66.0 Å². The van der Waals surface area contributed by atoms with Gasteiger partial charge in [0.15, 0.2) is 5.13 Å². The molecule has 0 bridgehead atoms. The smallest absolute Gasteiger partial charge is 0.414 e. The SMILES string of the molecule is CN(Cc1ccccc1)Cc1csc(Nc2ccccc2)n1.O=C(O)C(=O)O. The van der Waals surface area contributed by atoms with E-state index < -0.39 is 11.9 Å². The van der Waals surface area contributed by atoms with E-state index in [4.69, 9.17) is 19.8 Å². The summed E-state index contributed by atoms with van der Waals surface area (Å²) in [6.45, 7) is 1.78. The number of hydrogen-bond acceptors (Lipinski definition) is 6. The highest BCUT2D eigenvalue weighted by atomic mass is 32.1. The van der Waals surface area contributed by atoms with Crippen molar-refractivity contribution in [1.29, 1.82) is 0 Å². The van der Waals surface area contributed by atoms with Crippen molar-refractivity contribution in [2.45, 2.75) is 13.1 Å². The van der Waals surface area contributed by atoms with E-state index in [1.54, 1.807) is 11.3 Å². The van der Waals surface area contributed by atoms with E-state index >= 15 is 0 Å². The van der Waals surface area contributed by atoms with Crippen molar-refractivity contribution < 1.29 is 19.8 Å². The minimum Gasteiger partial charge on any atom is -0.473 e. The summed E-state index contributed by atoms with van der Waals surface area (Å²) in [4.78, 5) is 25.1. The summed E-state index contributed by atoms with van der Waals surface area (Å²) >= 11 is 1.64. The van der Waals surface area contributed by atoms with Crippen molar-refractivity contribution in [2.75, 3.05) is 12.4 Å². The second-order valence-corrected chi connectivity index (χ2v) is 6.76. The van der Waals surface area contributed by atoms with Crippen molar-refractivity contribution in [3.05, 3.63) is 77.3 Å². The molecule has 146 valence electrons. The maximum Gasteiger partial charge on any atom is 0.414 e. The first-order chi connectivity index (χ1) is 13.4. The number of para-hydroxylation sites is 1. The molecule has 0 aliphatic carbocycles. The number of hydrogen-bond donors (Lipinski definition) is 3. The molecule has 0 radical (unpaired) electrons. The lowest BCUT2D eigenvalue weighted by atomic mass is 10.2. The number of carboxylic acids is 2. The van der Waals surface area contributed by atoms with Gasteiger partial charge >= 0.3 is 11.9 Å². The molecular weight excluding hydrogens is 378 g/mol. The second kappa shape index (κ2) is 10.8. The van der Waals surface area contributed by atoms with Crippen LogP contribution in [0.25, 0.3) is 0 Å². The fraction of sp³-hybridized carbons (Fsp3) is 0.150. The molecule has 0 saturated carbocycles. The molecule has 3 rings (SSSR count). The molecule has 0 saturated heterocycles. The van der Waals surface area contributed by atoms with Gasteiger partial charge in [-0.1, -0.05) is 48.5 Å². The van der Waals surface area contributed by atoms with Crippen LogP contribution in [-0.4, -0.2) is 39.1 Å². The Morgan fingerprint density at radius 2 is 1.54 bits per heavy atom. The molecule has 1 aromatic heterocycles. The molecule has 0 aliphatic rings. The van der Waals surface area contributed by atoms with Gasteiger partial charge in [-0.05, 0) is 24.7 Å². The van der Waals surface area contributed by atoms with Crippen LogP contribution in [0.3, 0.4) is 0 Å². The van der Waals surface area contributed by atoms with E-state index in [-0.39, 0.29) is 0 Å². The molecule has 0 fully saturated rings. The van der Waals surface area contributed by atoms with E-state index in [9.17, 15) is 0 Å². The lowest BCUT2D eigenvalue weighted by Gasteiger charge is -2.15. The van der Waals surface area contributed by atoms with Gasteiger partial charge in [-0.15, -0.1) is 11.3 Å². The molecular formula is C20H21N3O4S. The molecule has 0 unspecified atom stereocenters. The van der Waals surface area contributed by atoms with Gasteiger partial charge in [0.2, 0.25) is 0 Å². The normalized spacial score (nSPS) is 10.1. The molecule has 28 heavy (non-hydrogen) atoms. The minimum atomic E-state index is -1.82. The highest BCUT2D eigenvalue weighted by Gasteiger charge is 2.06. The average Bonchev–Trinajstić information content (AvgIpc) is 3.10. The summed E-state index contributed by atoms with van der Waals surface area (Å²) in [5.74, 6) is -3.65. The molecule has 3 N–H and O–H groups in total. The molecule has 0 atom stereocenters. The number of benzene rings is 2. The third kappa shape index (κ3) is 7.56. The van der Waals surface area contributed by atoms with Crippen LogP contribution >= 0.6 is 11.3 Å². The van der Waals surface area contributed by atoms with Crippen LogP contribution in [0.1, 0.15) is 11.3 Å². The van der Waals surface area contributed by atoms with Crippen LogP contribution in [-0.2, 0) is 22.7 Å². The van der Waals surface area contributed by atoms with Gasteiger partial charge < -0.3 is 15.5 Å². The van der Waals surface area contributed by atoms with E-state index in [0.717, 1.165) is 29.6 Å². The molecule has 0 amide bonds. The van der Waals surface area contributed by atoms with E-state index in [1.165, 1.54) is 5.56 Å². The fourth-order valence-electron chi connectivity index (χ4n) is 2.31. The summed E-state index contributed by atoms with van der Waals surface area (Å²) in [6, 6.07) is 20.6. The van der Waals surface area contributed by atoms with Crippen LogP contribution < -0.4 is 5.32 Å². The van der Waals surface area contributed by atoms with E-state index in [0.29, 0.717) is 0 Å². The standard InChI is InChI=1S/C18H19N3S.C2H2O4/c1-21(12-15-8-4-2-5-9-15)13-17-14-22-18(20-17)19-16-10-6-3-7-11-16;3-1(4)2(5)6/h2-11,14H,12-13H2,1H3,(H,19,20);(H,3,4)(H,5,6). The first kappa shape index (κ1) is 21.1. The van der Waals surface area contributed by atoms with Crippen molar-refractivity contribution >= 4 is 34.1 Å². The zero-order valence-electron chi connectivity index (χ0n) is 15.3. The predicted molar refractivity (Wildman–Crippen MR) is 109 cm³/mol. The molecule has 1 heterocycles. The van der Waals surface area contributed by atoms with E-state index in [2.05, 4.69) is 51.9 Å². The number of aromatic nitrogens is 1. The summed E-state index contributed by atoms with van der Waals surface area (Å²) in [5, 5.41) is 21.2. The second-order valence-electron chi connectivity index (χ2n) is 5.90. The summed E-state index contributed by atoms with van der Waals surface area (Å²) in [6.07, 6.45) is 0. The van der Waals surface area contributed by atoms with Crippen LogP contribution in [0.2, 0.25) is 0 Å². The molecule has 7 nitrogen and oxygen atoms in total. The van der Waals surface area contributed by atoms with Gasteiger partial charge in [0, 0.05) is 24.2 Å². The van der Waals surface area contributed by atoms with Crippen LogP contribution in [0.5, 0.6) is 0 Å². The lowest BCUT2D eigenvalue weighted by Crippen LogP contribution is -2.17. The predicted octanol–water partition coefficient (Wildman–Crippen LogP) is 3.67. The number of rotatable bonds is 6. The molecule has 3 aromatic rings. The van der Waals surface area contributed by atoms with Gasteiger partial charge in [-0.3, -0.25) is 4.90 Å². The Bertz CT molecular complexity index is 873. The Hall–Kier alpha value is -3.23. The zero-order chi connectivity index (χ0) is 20.4. The molecule has 0 aliphatic heterocycles. The molecule has 2 aromatic carbocycles. The number of thiazole rings is 1. The Morgan fingerprint density at radius 1 is 0.964 bits per heavy atom. The van der Waals surface area contributed by atoms with E-state index in [1.807, 2.05) is 36.4 Å². The number of aliphatic carboxylic acids is 2. The monoisotopic (exact) mass is 399 g/mol. The number of nitrogens with zero attached hydrogens (tertiary/aromatic N) is 2. The van der Waals surface area contributed by atoms with Crippen molar-refractivity contribution in [1.82, 2.24) is 9.88 Å². The van der Waals surface area contributed by atoms with Gasteiger partial charge in [-0.25, -0.2) is 14.6 Å². The van der Waals surface area contributed by atoms with Crippen LogP contribution in [0, 0.1) is 0 Å². The Labute approximate surface area is 166 Å². The quantitative estimate of drug-likeness (QED) is 0.543. The highest BCUT2D eigenvalue weighted by molar-refractivity contribution is 7.13. The maximum atomic E-state index is 9.10. The van der Waals surface area contributed by atoms with Crippen molar-refractivity contribution in [2.24, 2.45) is 0 Å². The first-order valence-corrected chi connectivity index (χ1v) is 9.27. The molecule has 8 heteroatoms. The Kier molecular flexibility index (Phi) is 8.13. The number of nitrogens with one attached hydrogen (secondary N) is 1. The summed E-state index contributed by atoms with van der Waals surface area (Å²) < 4.78 is 0. The number of carbonyl (C=O) groups is 2. The third-order valence-electron chi connectivity index (χ3n) is 3.49. The Balaban J connectivity index is 0.000000409. The van der Waals surface area contributed by atoms with Gasteiger partial charge in [0.25, 0.3) is 0 Å².